The van der Waals surface area contributed by atoms with Gasteiger partial charge >= 0.3 is 0 Å². The first-order valence-corrected chi connectivity index (χ1v) is 8.09. The third-order valence-corrected chi connectivity index (χ3v) is 4.41. The highest BCUT2D eigenvalue weighted by molar-refractivity contribution is 9.10. The second-order valence-electron chi connectivity index (χ2n) is 4.98. The van der Waals surface area contributed by atoms with E-state index in [9.17, 15) is 5.11 Å². The van der Waals surface area contributed by atoms with Crippen LogP contribution >= 0.6 is 27.3 Å². The Labute approximate surface area is 131 Å². The molecule has 1 atom stereocenters. The number of thiazole rings is 1. The molecule has 0 aliphatic heterocycles. The minimum atomic E-state index is -0.601. The van der Waals surface area contributed by atoms with Crippen LogP contribution in [0.4, 0.5) is 0 Å². The van der Waals surface area contributed by atoms with Crippen LogP contribution in [0.5, 0.6) is 0 Å². The van der Waals surface area contributed by atoms with Crippen molar-refractivity contribution >= 4 is 27.3 Å². The number of likely N-dealkylation sites (N-methyl/N-ethyl adjacent to an activating group) is 1. The van der Waals surface area contributed by atoms with Crippen molar-refractivity contribution in [2.45, 2.75) is 26.0 Å². The number of aryl methyl sites for hydroxylation is 1. The van der Waals surface area contributed by atoms with Gasteiger partial charge in [-0.2, -0.15) is 5.10 Å². The molecule has 0 aromatic carbocycles. The molecule has 0 fully saturated rings. The van der Waals surface area contributed by atoms with Crippen LogP contribution in [0, 0.1) is 6.92 Å². The van der Waals surface area contributed by atoms with Crippen molar-refractivity contribution in [1.82, 2.24) is 19.7 Å². The predicted molar refractivity (Wildman–Crippen MR) is 84.0 cm³/mol. The van der Waals surface area contributed by atoms with Gasteiger partial charge in [0, 0.05) is 18.3 Å². The zero-order valence-electron chi connectivity index (χ0n) is 11.9. The summed E-state index contributed by atoms with van der Waals surface area (Å²) >= 11 is 5.07. The molecular weight excluding hydrogens is 340 g/mol. The second kappa shape index (κ2) is 6.80. The molecule has 2 aromatic rings. The van der Waals surface area contributed by atoms with Crippen LogP contribution in [0.1, 0.15) is 22.5 Å². The van der Waals surface area contributed by atoms with Crippen molar-refractivity contribution in [3.05, 3.63) is 32.4 Å². The molecule has 0 aliphatic rings. The summed E-state index contributed by atoms with van der Waals surface area (Å²) < 4.78 is 2.70. The van der Waals surface area contributed by atoms with Gasteiger partial charge < -0.3 is 10.0 Å². The average molecular weight is 359 g/mol. The molecule has 1 unspecified atom stereocenters. The van der Waals surface area contributed by atoms with Gasteiger partial charge in [0.2, 0.25) is 0 Å². The summed E-state index contributed by atoms with van der Waals surface area (Å²) in [6.45, 7) is 3.60. The van der Waals surface area contributed by atoms with E-state index in [-0.39, 0.29) is 0 Å². The minimum absolute atomic E-state index is 0.511. The lowest BCUT2D eigenvalue weighted by molar-refractivity contribution is 0.163. The van der Waals surface area contributed by atoms with Gasteiger partial charge in [-0.05, 0) is 36.9 Å². The number of halogens is 1. The Morgan fingerprint density at radius 2 is 2.25 bits per heavy atom. The summed E-state index contributed by atoms with van der Waals surface area (Å²) in [5, 5.41) is 17.8. The van der Waals surface area contributed by atoms with Crippen molar-refractivity contribution in [1.29, 1.82) is 0 Å². The van der Waals surface area contributed by atoms with E-state index in [0.29, 0.717) is 6.42 Å². The summed E-state index contributed by atoms with van der Waals surface area (Å²) in [5.41, 5.74) is 1.74. The molecule has 2 aromatic heterocycles. The molecule has 7 heteroatoms. The second-order valence-corrected chi connectivity index (χ2v) is 6.90. The number of nitrogens with zero attached hydrogens (tertiary/aromatic N) is 4. The SMILES string of the molecule is Cc1nc(CC(O)c2c(Br)cnn2CCN(C)C)cs1. The van der Waals surface area contributed by atoms with E-state index in [0.717, 1.165) is 34.0 Å². The Kier molecular flexibility index (Phi) is 5.31. The maximum atomic E-state index is 10.5. The molecule has 0 saturated heterocycles. The Bertz CT molecular complexity index is 566. The molecule has 110 valence electrons. The van der Waals surface area contributed by atoms with Gasteiger partial charge in [0.25, 0.3) is 0 Å². The Morgan fingerprint density at radius 1 is 1.50 bits per heavy atom. The first-order chi connectivity index (χ1) is 9.47. The first-order valence-electron chi connectivity index (χ1n) is 6.42. The topological polar surface area (TPSA) is 54.2 Å². The average Bonchev–Trinajstić information content (AvgIpc) is 2.93. The third-order valence-electron chi connectivity index (χ3n) is 2.98. The molecule has 0 aliphatic carbocycles. The van der Waals surface area contributed by atoms with E-state index >= 15 is 0 Å². The summed E-state index contributed by atoms with van der Waals surface area (Å²) in [5.74, 6) is 0. The van der Waals surface area contributed by atoms with Crippen molar-refractivity contribution in [2.24, 2.45) is 0 Å². The van der Waals surface area contributed by atoms with Crippen LogP contribution in [0.2, 0.25) is 0 Å². The number of hydrogen-bond donors (Lipinski definition) is 1. The molecule has 1 N–H and O–H groups in total. The van der Waals surface area contributed by atoms with Crippen LogP contribution in [-0.2, 0) is 13.0 Å². The van der Waals surface area contributed by atoms with Gasteiger partial charge in [-0.3, -0.25) is 4.68 Å². The lowest BCUT2D eigenvalue weighted by Crippen LogP contribution is -2.21. The fraction of sp³-hybridized carbons (Fsp3) is 0.538. The number of hydrogen-bond acceptors (Lipinski definition) is 5. The quantitative estimate of drug-likeness (QED) is 0.860. The molecule has 20 heavy (non-hydrogen) atoms. The molecule has 0 bridgehead atoms. The number of aliphatic hydroxyl groups is 1. The monoisotopic (exact) mass is 358 g/mol. The zero-order valence-corrected chi connectivity index (χ0v) is 14.3. The Morgan fingerprint density at radius 3 is 2.85 bits per heavy atom. The molecule has 0 saturated carbocycles. The predicted octanol–water partition coefficient (Wildman–Crippen LogP) is 2.25. The standard InChI is InChI=1S/C13H19BrN4OS/c1-9-16-10(8-20-9)6-12(19)13-11(14)7-15-18(13)5-4-17(2)3/h7-8,12,19H,4-6H2,1-3H3. The van der Waals surface area contributed by atoms with Crippen molar-refractivity contribution in [2.75, 3.05) is 20.6 Å². The fourth-order valence-electron chi connectivity index (χ4n) is 1.97. The van der Waals surface area contributed by atoms with Crippen molar-refractivity contribution in [3.8, 4) is 0 Å². The summed E-state index contributed by atoms with van der Waals surface area (Å²) in [6, 6.07) is 0. The van der Waals surface area contributed by atoms with Crippen LogP contribution in [0.3, 0.4) is 0 Å². The third kappa shape index (κ3) is 3.88. The molecule has 0 radical (unpaired) electrons. The normalized spacial score (nSPS) is 13.1. The lowest BCUT2D eigenvalue weighted by Gasteiger charge is -2.15. The maximum Gasteiger partial charge on any atom is 0.102 e. The number of rotatable bonds is 6. The lowest BCUT2D eigenvalue weighted by atomic mass is 10.1. The van der Waals surface area contributed by atoms with Gasteiger partial charge in [0.15, 0.2) is 0 Å². The highest BCUT2D eigenvalue weighted by Gasteiger charge is 2.19. The highest BCUT2D eigenvalue weighted by atomic mass is 79.9. The molecule has 2 rings (SSSR count). The number of aliphatic hydroxyl groups excluding tert-OH is 1. The Balaban J connectivity index is 2.12. The van der Waals surface area contributed by atoms with Crippen molar-refractivity contribution in [3.63, 3.8) is 0 Å². The van der Waals surface area contributed by atoms with Gasteiger partial charge in [-0.25, -0.2) is 4.98 Å². The zero-order chi connectivity index (χ0) is 14.7. The molecule has 0 spiro atoms. The first kappa shape index (κ1) is 15.6. The molecule has 2 heterocycles. The van der Waals surface area contributed by atoms with Crippen LogP contribution in [-0.4, -0.2) is 45.4 Å². The van der Waals surface area contributed by atoms with E-state index in [1.807, 2.05) is 31.1 Å². The minimum Gasteiger partial charge on any atom is -0.386 e. The molecule has 5 nitrogen and oxygen atoms in total. The van der Waals surface area contributed by atoms with Gasteiger partial charge in [-0.1, -0.05) is 0 Å². The van der Waals surface area contributed by atoms with Crippen LogP contribution < -0.4 is 0 Å². The van der Waals surface area contributed by atoms with E-state index in [1.165, 1.54) is 0 Å². The van der Waals surface area contributed by atoms with E-state index < -0.39 is 6.10 Å². The highest BCUT2D eigenvalue weighted by Crippen LogP contribution is 2.26. The maximum absolute atomic E-state index is 10.5. The van der Waals surface area contributed by atoms with Gasteiger partial charge in [-0.15, -0.1) is 11.3 Å². The van der Waals surface area contributed by atoms with Gasteiger partial charge in [0.05, 0.1) is 33.6 Å². The Hall–Kier alpha value is -0.760. The molecular formula is C13H19BrN4OS. The van der Waals surface area contributed by atoms with E-state index in [4.69, 9.17) is 0 Å². The van der Waals surface area contributed by atoms with Crippen LogP contribution in [0.15, 0.2) is 16.0 Å². The summed E-state index contributed by atoms with van der Waals surface area (Å²) in [6.07, 6.45) is 1.65. The smallest absolute Gasteiger partial charge is 0.102 e. The van der Waals surface area contributed by atoms with Gasteiger partial charge in [0.1, 0.15) is 6.10 Å². The van der Waals surface area contributed by atoms with E-state index in [2.05, 4.69) is 30.9 Å². The van der Waals surface area contributed by atoms with E-state index in [1.54, 1.807) is 17.5 Å². The van der Waals surface area contributed by atoms with Crippen molar-refractivity contribution < 1.29 is 5.11 Å². The summed E-state index contributed by atoms with van der Waals surface area (Å²) in [7, 11) is 4.04. The fourth-order valence-corrected chi connectivity index (χ4v) is 3.16. The van der Waals surface area contributed by atoms with Crippen LogP contribution in [0.25, 0.3) is 0 Å². The summed E-state index contributed by atoms with van der Waals surface area (Å²) in [4.78, 5) is 6.49. The largest absolute Gasteiger partial charge is 0.386 e. The molecule has 0 amide bonds. The number of aromatic nitrogens is 3.